The molecule has 0 spiro atoms. The standard InChI is InChI=1S/C17H16F3NO3/c1-11(24-15-5-3-4-14(10-15)23-2)16(22)21-13-8-6-12(7-9-13)17(18,19)20/h3-11H,1-2H3,(H,21,22)/t11-/m0/s1. The fraction of sp³-hybridized carbons (Fsp3) is 0.235. The number of benzene rings is 2. The molecule has 1 N–H and O–H groups in total. The first-order valence-corrected chi connectivity index (χ1v) is 7.08. The van der Waals surface area contributed by atoms with Crippen LogP contribution in [0, 0.1) is 0 Å². The molecule has 0 bridgehead atoms. The van der Waals surface area contributed by atoms with Crippen molar-refractivity contribution in [3.8, 4) is 11.5 Å². The Labute approximate surface area is 137 Å². The van der Waals surface area contributed by atoms with Crippen LogP contribution in [0.25, 0.3) is 0 Å². The Morgan fingerprint density at radius 3 is 2.29 bits per heavy atom. The molecule has 0 saturated carbocycles. The van der Waals surface area contributed by atoms with Crippen molar-refractivity contribution in [1.82, 2.24) is 0 Å². The number of hydrogen-bond acceptors (Lipinski definition) is 3. The number of amides is 1. The second-order valence-electron chi connectivity index (χ2n) is 5.00. The van der Waals surface area contributed by atoms with Gasteiger partial charge in [0.25, 0.3) is 5.91 Å². The average molecular weight is 339 g/mol. The van der Waals surface area contributed by atoms with E-state index < -0.39 is 23.8 Å². The highest BCUT2D eigenvalue weighted by molar-refractivity contribution is 5.94. The number of anilines is 1. The average Bonchev–Trinajstić information content (AvgIpc) is 2.54. The fourth-order valence-electron chi connectivity index (χ4n) is 1.92. The zero-order chi connectivity index (χ0) is 17.7. The van der Waals surface area contributed by atoms with Crippen molar-refractivity contribution >= 4 is 11.6 Å². The first kappa shape index (κ1) is 17.7. The summed E-state index contributed by atoms with van der Waals surface area (Å²) in [5.41, 5.74) is -0.518. The largest absolute Gasteiger partial charge is 0.497 e. The number of rotatable bonds is 5. The molecule has 24 heavy (non-hydrogen) atoms. The van der Waals surface area contributed by atoms with Crippen LogP contribution in [0.4, 0.5) is 18.9 Å². The molecule has 0 fully saturated rings. The van der Waals surface area contributed by atoms with E-state index in [2.05, 4.69) is 5.32 Å². The fourth-order valence-corrected chi connectivity index (χ4v) is 1.92. The van der Waals surface area contributed by atoms with Crippen LogP contribution < -0.4 is 14.8 Å². The quantitative estimate of drug-likeness (QED) is 0.891. The zero-order valence-electron chi connectivity index (χ0n) is 13.1. The van der Waals surface area contributed by atoms with Gasteiger partial charge in [-0.15, -0.1) is 0 Å². The molecule has 0 unspecified atom stereocenters. The van der Waals surface area contributed by atoms with Gasteiger partial charge in [0, 0.05) is 11.8 Å². The number of carbonyl (C=O) groups excluding carboxylic acids is 1. The van der Waals surface area contributed by atoms with Crippen LogP contribution in [0.2, 0.25) is 0 Å². The number of ether oxygens (including phenoxy) is 2. The molecule has 4 nitrogen and oxygen atoms in total. The van der Waals surface area contributed by atoms with Gasteiger partial charge >= 0.3 is 6.18 Å². The third kappa shape index (κ3) is 4.65. The molecule has 7 heteroatoms. The molecule has 0 aromatic heterocycles. The normalized spacial score (nSPS) is 12.4. The highest BCUT2D eigenvalue weighted by Crippen LogP contribution is 2.29. The van der Waals surface area contributed by atoms with E-state index in [4.69, 9.17) is 9.47 Å². The van der Waals surface area contributed by atoms with Gasteiger partial charge in [-0.2, -0.15) is 13.2 Å². The lowest BCUT2D eigenvalue weighted by molar-refractivity contribution is -0.137. The van der Waals surface area contributed by atoms with Gasteiger partial charge in [0.05, 0.1) is 12.7 Å². The second kappa shape index (κ2) is 7.25. The Morgan fingerprint density at radius 2 is 1.71 bits per heavy atom. The Kier molecular flexibility index (Phi) is 5.33. The summed E-state index contributed by atoms with van der Waals surface area (Å²) < 4.78 is 48.0. The SMILES string of the molecule is COc1cccc(O[C@@H](C)C(=O)Nc2ccc(C(F)(F)F)cc2)c1. The summed E-state index contributed by atoms with van der Waals surface area (Å²) in [6.45, 7) is 1.54. The van der Waals surface area contributed by atoms with Gasteiger partial charge in [0.15, 0.2) is 6.10 Å². The number of alkyl halides is 3. The van der Waals surface area contributed by atoms with Gasteiger partial charge in [-0.1, -0.05) is 6.07 Å². The molecule has 1 atom stereocenters. The highest BCUT2D eigenvalue weighted by Gasteiger charge is 2.30. The van der Waals surface area contributed by atoms with Crippen LogP contribution in [-0.2, 0) is 11.0 Å². The number of carbonyl (C=O) groups is 1. The summed E-state index contributed by atoms with van der Waals surface area (Å²) in [6.07, 6.45) is -5.25. The molecule has 0 aliphatic rings. The molecule has 0 heterocycles. The monoisotopic (exact) mass is 339 g/mol. The van der Waals surface area contributed by atoms with E-state index in [0.717, 1.165) is 12.1 Å². The van der Waals surface area contributed by atoms with Crippen molar-refractivity contribution < 1.29 is 27.4 Å². The van der Waals surface area contributed by atoms with Gasteiger partial charge in [-0.3, -0.25) is 4.79 Å². The van der Waals surface area contributed by atoms with Gasteiger partial charge in [0.1, 0.15) is 11.5 Å². The summed E-state index contributed by atoms with van der Waals surface area (Å²) in [5.74, 6) is 0.560. The van der Waals surface area contributed by atoms with Crippen LogP contribution >= 0.6 is 0 Å². The van der Waals surface area contributed by atoms with Crippen LogP contribution in [0.15, 0.2) is 48.5 Å². The summed E-state index contributed by atoms with van der Waals surface area (Å²) in [5, 5.41) is 2.51. The topological polar surface area (TPSA) is 47.6 Å². The van der Waals surface area contributed by atoms with Crippen molar-refractivity contribution in [3.05, 3.63) is 54.1 Å². The lowest BCUT2D eigenvalue weighted by Gasteiger charge is -2.15. The van der Waals surface area contributed by atoms with Gasteiger partial charge in [0.2, 0.25) is 0 Å². The second-order valence-corrected chi connectivity index (χ2v) is 5.00. The number of halogens is 3. The molecular formula is C17H16F3NO3. The van der Waals surface area contributed by atoms with Crippen molar-refractivity contribution in [1.29, 1.82) is 0 Å². The maximum absolute atomic E-state index is 12.5. The van der Waals surface area contributed by atoms with E-state index in [-0.39, 0.29) is 5.69 Å². The molecule has 128 valence electrons. The van der Waals surface area contributed by atoms with Crippen LogP contribution in [0.1, 0.15) is 12.5 Å². The smallest absolute Gasteiger partial charge is 0.416 e. The van der Waals surface area contributed by atoms with Gasteiger partial charge in [-0.05, 0) is 43.3 Å². The van der Waals surface area contributed by atoms with E-state index in [1.54, 1.807) is 31.2 Å². The summed E-state index contributed by atoms with van der Waals surface area (Å²) in [6, 6.07) is 10.9. The van der Waals surface area contributed by atoms with Crippen LogP contribution in [-0.4, -0.2) is 19.1 Å². The Hall–Kier alpha value is -2.70. The summed E-state index contributed by atoms with van der Waals surface area (Å²) in [4.78, 5) is 12.1. The highest BCUT2D eigenvalue weighted by atomic mass is 19.4. The third-order valence-electron chi connectivity index (χ3n) is 3.20. The molecule has 2 aromatic rings. The maximum Gasteiger partial charge on any atom is 0.416 e. The van der Waals surface area contributed by atoms with E-state index in [9.17, 15) is 18.0 Å². The minimum Gasteiger partial charge on any atom is -0.497 e. The molecule has 2 aromatic carbocycles. The Morgan fingerprint density at radius 1 is 1.08 bits per heavy atom. The minimum absolute atomic E-state index is 0.258. The lowest BCUT2D eigenvalue weighted by Crippen LogP contribution is -2.30. The summed E-state index contributed by atoms with van der Waals surface area (Å²) in [7, 11) is 1.51. The van der Waals surface area contributed by atoms with Crippen molar-refractivity contribution in [3.63, 3.8) is 0 Å². The van der Waals surface area contributed by atoms with Crippen molar-refractivity contribution in [2.75, 3.05) is 12.4 Å². The van der Waals surface area contributed by atoms with Gasteiger partial charge in [-0.25, -0.2) is 0 Å². The van der Waals surface area contributed by atoms with Crippen molar-refractivity contribution in [2.45, 2.75) is 19.2 Å². The van der Waals surface area contributed by atoms with Gasteiger partial charge < -0.3 is 14.8 Å². The van der Waals surface area contributed by atoms with Crippen LogP contribution in [0.5, 0.6) is 11.5 Å². The van der Waals surface area contributed by atoms with E-state index in [0.29, 0.717) is 11.5 Å². The van der Waals surface area contributed by atoms with E-state index in [1.807, 2.05) is 0 Å². The lowest BCUT2D eigenvalue weighted by atomic mass is 10.2. The number of hydrogen-bond donors (Lipinski definition) is 1. The maximum atomic E-state index is 12.5. The molecule has 0 saturated heterocycles. The predicted octanol–water partition coefficient (Wildman–Crippen LogP) is 4.12. The number of methoxy groups -OCH3 is 1. The molecule has 0 aliphatic carbocycles. The molecule has 2 rings (SSSR count). The zero-order valence-corrected chi connectivity index (χ0v) is 13.1. The van der Waals surface area contributed by atoms with E-state index in [1.165, 1.54) is 19.2 Å². The Balaban J connectivity index is 1.98. The van der Waals surface area contributed by atoms with E-state index >= 15 is 0 Å². The minimum atomic E-state index is -4.41. The van der Waals surface area contributed by atoms with Crippen LogP contribution in [0.3, 0.4) is 0 Å². The predicted molar refractivity (Wildman–Crippen MR) is 83.2 cm³/mol. The first-order valence-electron chi connectivity index (χ1n) is 7.08. The Bertz CT molecular complexity index is 699. The summed E-state index contributed by atoms with van der Waals surface area (Å²) >= 11 is 0. The third-order valence-corrected chi connectivity index (χ3v) is 3.20. The molecule has 1 amide bonds. The molecule has 0 aliphatic heterocycles. The van der Waals surface area contributed by atoms with Crippen molar-refractivity contribution in [2.24, 2.45) is 0 Å². The molecular weight excluding hydrogens is 323 g/mol. The molecule has 0 radical (unpaired) electrons. The first-order chi connectivity index (χ1) is 11.3. The number of nitrogens with one attached hydrogen (secondary N) is 1.